The molecule has 0 fully saturated rings. The molecule has 0 saturated heterocycles. The van der Waals surface area contributed by atoms with Gasteiger partial charge in [0.05, 0.1) is 12.2 Å². The fourth-order valence-electron chi connectivity index (χ4n) is 2.09. The summed E-state index contributed by atoms with van der Waals surface area (Å²) in [6.45, 7) is 7.38. The zero-order valence-electron chi connectivity index (χ0n) is 13.8. The zero-order valence-corrected chi connectivity index (χ0v) is 13.8. The Balaban J connectivity index is 2.44. The van der Waals surface area contributed by atoms with Crippen LogP contribution in [0.1, 0.15) is 38.1 Å². The highest BCUT2D eigenvalue weighted by Crippen LogP contribution is 2.26. The van der Waals surface area contributed by atoms with Crippen molar-refractivity contribution in [3.63, 3.8) is 0 Å². The number of rotatable bonds is 3. The summed E-state index contributed by atoms with van der Waals surface area (Å²) < 4.78 is 11.7. The van der Waals surface area contributed by atoms with Gasteiger partial charge in [0.1, 0.15) is 5.60 Å². The van der Waals surface area contributed by atoms with Crippen molar-refractivity contribution in [2.75, 3.05) is 6.61 Å². The standard InChI is InChI=1S/C18H21NO4/c1-5-22-16(20)15-12-19(17(21)23-18(2,3)4)11-14(15)13-9-7-6-8-10-13/h6-12H,5H2,1-4H3. The minimum Gasteiger partial charge on any atom is -0.462 e. The van der Waals surface area contributed by atoms with Crippen molar-refractivity contribution in [2.24, 2.45) is 0 Å². The van der Waals surface area contributed by atoms with Gasteiger partial charge in [0.2, 0.25) is 0 Å². The molecule has 0 amide bonds. The average molecular weight is 315 g/mol. The number of aromatic nitrogens is 1. The van der Waals surface area contributed by atoms with E-state index in [0.717, 1.165) is 5.56 Å². The lowest BCUT2D eigenvalue weighted by molar-refractivity contribution is 0.0526. The van der Waals surface area contributed by atoms with Gasteiger partial charge in [0, 0.05) is 18.0 Å². The lowest BCUT2D eigenvalue weighted by atomic mass is 10.1. The molecular formula is C18H21NO4. The summed E-state index contributed by atoms with van der Waals surface area (Å²) in [5, 5.41) is 0. The molecule has 23 heavy (non-hydrogen) atoms. The number of carbonyl (C=O) groups is 2. The topological polar surface area (TPSA) is 57.5 Å². The molecule has 122 valence electrons. The fourth-order valence-corrected chi connectivity index (χ4v) is 2.09. The Labute approximate surface area is 135 Å². The molecule has 0 N–H and O–H groups in total. The molecule has 2 rings (SSSR count). The van der Waals surface area contributed by atoms with Gasteiger partial charge in [-0.15, -0.1) is 0 Å². The minimum absolute atomic E-state index is 0.269. The third kappa shape index (κ3) is 4.22. The second-order valence-corrected chi connectivity index (χ2v) is 6.06. The molecule has 5 heteroatoms. The van der Waals surface area contributed by atoms with Gasteiger partial charge in [-0.1, -0.05) is 30.3 Å². The SMILES string of the molecule is CCOC(=O)c1cn(C(=O)OC(C)(C)C)cc1-c1ccccc1. The largest absolute Gasteiger partial charge is 0.462 e. The molecule has 1 heterocycles. The maximum atomic E-state index is 12.2. The molecule has 0 radical (unpaired) electrons. The summed E-state index contributed by atoms with van der Waals surface area (Å²) in [6.07, 6.45) is 2.51. The van der Waals surface area contributed by atoms with E-state index in [0.29, 0.717) is 11.1 Å². The monoisotopic (exact) mass is 315 g/mol. The quantitative estimate of drug-likeness (QED) is 0.800. The van der Waals surface area contributed by atoms with Gasteiger partial charge in [-0.05, 0) is 33.3 Å². The zero-order chi connectivity index (χ0) is 17.0. The summed E-state index contributed by atoms with van der Waals surface area (Å²) in [7, 11) is 0. The van der Waals surface area contributed by atoms with Crippen LogP contribution in [0.25, 0.3) is 11.1 Å². The van der Waals surface area contributed by atoms with E-state index in [1.807, 2.05) is 30.3 Å². The molecule has 0 aliphatic rings. The van der Waals surface area contributed by atoms with Crippen molar-refractivity contribution in [3.05, 3.63) is 48.3 Å². The number of nitrogens with zero attached hydrogens (tertiary/aromatic N) is 1. The Morgan fingerprint density at radius 2 is 1.74 bits per heavy atom. The van der Waals surface area contributed by atoms with Crippen molar-refractivity contribution >= 4 is 12.1 Å². The molecule has 0 aliphatic heterocycles. The van der Waals surface area contributed by atoms with E-state index in [1.54, 1.807) is 33.9 Å². The molecule has 0 unspecified atom stereocenters. The van der Waals surface area contributed by atoms with E-state index in [9.17, 15) is 9.59 Å². The average Bonchev–Trinajstić information content (AvgIpc) is 2.92. The Morgan fingerprint density at radius 3 is 2.30 bits per heavy atom. The van der Waals surface area contributed by atoms with Crippen molar-refractivity contribution in [2.45, 2.75) is 33.3 Å². The molecular weight excluding hydrogens is 294 g/mol. The predicted molar refractivity (Wildman–Crippen MR) is 87.5 cm³/mol. The highest BCUT2D eigenvalue weighted by Gasteiger charge is 2.22. The Kier molecular flexibility index (Phi) is 4.89. The van der Waals surface area contributed by atoms with Gasteiger partial charge in [0.25, 0.3) is 0 Å². The van der Waals surface area contributed by atoms with Crippen molar-refractivity contribution in [1.82, 2.24) is 4.57 Å². The number of benzene rings is 1. The van der Waals surface area contributed by atoms with Crippen LogP contribution in [0.5, 0.6) is 0 Å². The molecule has 0 aliphatic carbocycles. The van der Waals surface area contributed by atoms with Crippen LogP contribution in [0.15, 0.2) is 42.7 Å². The molecule has 0 bridgehead atoms. The summed E-state index contributed by atoms with van der Waals surface area (Å²) in [5.74, 6) is -0.464. The highest BCUT2D eigenvalue weighted by atomic mass is 16.6. The highest BCUT2D eigenvalue weighted by molar-refractivity contribution is 5.98. The Bertz CT molecular complexity index is 696. The fraction of sp³-hybridized carbons (Fsp3) is 0.333. The lowest BCUT2D eigenvalue weighted by Gasteiger charge is -2.19. The van der Waals surface area contributed by atoms with Crippen LogP contribution in [0.2, 0.25) is 0 Å². The van der Waals surface area contributed by atoms with E-state index in [4.69, 9.17) is 9.47 Å². The summed E-state index contributed by atoms with van der Waals surface area (Å²) in [5.41, 5.74) is 1.19. The first kappa shape index (κ1) is 16.8. The van der Waals surface area contributed by atoms with Crippen LogP contribution in [0.3, 0.4) is 0 Å². The van der Waals surface area contributed by atoms with Crippen molar-refractivity contribution < 1.29 is 19.1 Å². The number of hydrogen-bond donors (Lipinski definition) is 0. The minimum atomic E-state index is -0.613. The maximum Gasteiger partial charge on any atom is 0.418 e. The van der Waals surface area contributed by atoms with Crippen LogP contribution in [0.4, 0.5) is 4.79 Å². The van der Waals surface area contributed by atoms with Crippen LogP contribution in [-0.4, -0.2) is 28.8 Å². The third-order valence-electron chi connectivity index (χ3n) is 3.01. The van der Waals surface area contributed by atoms with Crippen LogP contribution >= 0.6 is 0 Å². The van der Waals surface area contributed by atoms with E-state index in [2.05, 4.69) is 0 Å². The van der Waals surface area contributed by atoms with E-state index < -0.39 is 17.7 Å². The Morgan fingerprint density at radius 1 is 1.09 bits per heavy atom. The van der Waals surface area contributed by atoms with E-state index in [1.165, 1.54) is 10.8 Å². The first-order valence-corrected chi connectivity index (χ1v) is 7.49. The molecule has 0 spiro atoms. The summed E-state index contributed by atoms with van der Waals surface area (Å²) in [4.78, 5) is 24.4. The van der Waals surface area contributed by atoms with E-state index in [-0.39, 0.29) is 6.61 Å². The van der Waals surface area contributed by atoms with Gasteiger partial charge in [-0.2, -0.15) is 0 Å². The van der Waals surface area contributed by atoms with Gasteiger partial charge >= 0.3 is 12.1 Å². The number of ether oxygens (including phenoxy) is 2. The molecule has 0 atom stereocenters. The maximum absolute atomic E-state index is 12.2. The molecule has 2 aromatic rings. The normalized spacial score (nSPS) is 11.1. The van der Waals surface area contributed by atoms with Gasteiger partial charge in [-0.25, -0.2) is 9.59 Å². The molecule has 1 aromatic carbocycles. The molecule has 5 nitrogen and oxygen atoms in total. The van der Waals surface area contributed by atoms with Crippen LogP contribution in [-0.2, 0) is 9.47 Å². The van der Waals surface area contributed by atoms with Crippen LogP contribution < -0.4 is 0 Å². The predicted octanol–water partition coefficient (Wildman–Crippen LogP) is 4.12. The molecule has 0 saturated carbocycles. The second kappa shape index (κ2) is 6.69. The lowest BCUT2D eigenvalue weighted by Crippen LogP contribution is -2.26. The first-order valence-electron chi connectivity index (χ1n) is 7.49. The summed E-state index contributed by atoms with van der Waals surface area (Å²) >= 11 is 0. The first-order chi connectivity index (χ1) is 10.8. The van der Waals surface area contributed by atoms with Gasteiger partial charge < -0.3 is 9.47 Å². The number of esters is 1. The van der Waals surface area contributed by atoms with Crippen molar-refractivity contribution in [1.29, 1.82) is 0 Å². The Hall–Kier alpha value is -2.56. The number of carbonyl (C=O) groups excluding carboxylic acids is 2. The van der Waals surface area contributed by atoms with Crippen molar-refractivity contribution in [3.8, 4) is 11.1 Å². The smallest absolute Gasteiger partial charge is 0.418 e. The number of hydrogen-bond acceptors (Lipinski definition) is 4. The van der Waals surface area contributed by atoms with E-state index >= 15 is 0 Å². The second-order valence-electron chi connectivity index (χ2n) is 6.06. The van der Waals surface area contributed by atoms with Gasteiger partial charge in [-0.3, -0.25) is 4.57 Å². The van der Waals surface area contributed by atoms with Gasteiger partial charge in [0.15, 0.2) is 0 Å². The molecule has 1 aromatic heterocycles. The van der Waals surface area contributed by atoms with Crippen LogP contribution in [0, 0.1) is 0 Å². The summed E-state index contributed by atoms with van der Waals surface area (Å²) in [6, 6.07) is 9.37. The third-order valence-corrected chi connectivity index (χ3v) is 3.01.